The number of rotatable bonds is 4. The Hall–Kier alpha value is -1.36. The predicted octanol–water partition coefficient (Wildman–Crippen LogP) is 2.33. The average Bonchev–Trinajstić information content (AvgIpc) is 2.35. The molecule has 0 heterocycles. The molecule has 1 N–H and O–H groups in total. The van der Waals surface area contributed by atoms with E-state index in [1.807, 2.05) is 0 Å². The van der Waals surface area contributed by atoms with Crippen molar-refractivity contribution in [1.29, 1.82) is 0 Å². The van der Waals surface area contributed by atoms with E-state index in [0.717, 1.165) is 32.1 Å². The van der Waals surface area contributed by atoms with Gasteiger partial charge in [-0.25, -0.2) is 4.79 Å². The Morgan fingerprint density at radius 1 is 1.18 bits per heavy atom. The van der Waals surface area contributed by atoms with Crippen LogP contribution in [0.3, 0.4) is 0 Å². The molecule has 3 unspecified atom stereocenters. The molecule has 0 aromatic rings. The van der Waals surface area contributed by atoms with Crippen molar-refractivity contribution >= 4 is 11.9 Å². The third-order valence-corrected chi connectivity index (χ3v) is 5.36. The third kappa shape index (κ3) is 2.67. The van der Waals surface area contributed by atoms with E-state index in [1.165, 1.54) is 6.92 Å². The van der Waals surface area contributed by atoms with Crippen LogP contribution in [0.1, 0.15) is 52.4 Å². The second kappa shape index (κ2) is 5.08. The summed E-state index contributed by atoms with van der Waals surface area (Å²) in [5.41, 5.74) is -1.03. The summed E-state index contributed by atoms with van der Waals surface area (Å²) in [6.07, 6.45) is 3.83. The van der Waals surface area contributed by atoms with E-state index >= 15 is 0 Å². The smallest absolute Gasteiger partial charge is 0.336 e. The van der Waals surface area contributed by atoms with Gasteiger partial charge in [-0.05, 0) is 57.3 Å². The highest BCUT2D eigenvalue weighted by Gasteiger charge is 2.61. The zero-order valence-electron chi connectivity index (χ0n) is 13.3. The van der Waals surface area contributed by atoms with E-state index in [0.29, 0.717) is 18.3 Å². The summed E-state index contributed by atoms with van der Waals surface area (Å²) in [5.74, 6) is -0.0781. The number of carbonyl (C=O) groups excluding carboxylic acids is 2. The van der Waals surface area contributed by atoms with Gasteiger partial charge in [0.2, 0.25) is 6.29 Å². The molecule has 22 heavy (non-hydrogen) atoms. The van der Waals surface area contributed by atoms with E-state index in [4.69, 9.17) is 9.47 Å². The maximum Gasteiger partial charge on any atom is 0.336 e. The summed E-state index contributed by atoms with van der Waals surface area (Å²) < 4.78 is 10.4. The van der Waals surface area contributed by atoms with Crippen molar-refractivity contribution in [2.24, 2.45) is 17.3 Å². The highest BCUT2D eigenvalue weighted by molar-refractivity contribution is 5.87. The normalized spacial score (nSPS) is 40.1. The van der Waals surface area contributed by atoms with Crippen LogP contribution in [0.25, 0.3) is 0 Å². The third-order valence-electron chi connectivity index (χ3n) is 5.36. The fourth-order valence-corrected chi connectivity index (χ4v) is 5.00. The van der Waals surface area contributed by atoms with E-state index in [2.05, 4.69) is 6.58 Å². The number of carbonyl (C=O) groups is 2. The van der Waals surface area contributed by atoms with Crippen LogP contribution in [0.2, 0.25) is 0 Å². The molecule has 5 nitrogen and oxygen atoms in total. The summed E-state index contributed by atoms with van der Waals surface area (Å²) in [5, 5.41) is 10.7. The van der Waals surface area contributed by atoms with Crippen LogP contribution in [0.5, 0.6) is 0 Å². The molecule has 4 saturated carbocycles. The van der Waals surface area contributed by atoms with Gasteiger partial charge in [0.15, 0.2) is 0 Å². The Labute approximate surface area is 130 Å². The first-order valence-electron chi connectivity index (χ1n) is 8.01. The Kier molecular flexibility index (Phi) is 3.59. The lowest BCUT2D eigenvalue weighted by molar-refractivity contribution is -0.214. The molecule has 122 valence electrons. The van der Waals surface area contributed by atoms with Crippen LogP contribution in [0.4, 0.5) is 0 Å². The fourth-order valence-electron chi connectivity index (χ4n) is 5.00. The molecule has 4 rings (SSSR count). The van der Waals surface area contributed by atoms with Crippen LogP contribution in [0.15, 0.2) is 12.2 Å². The lowest BCUT2D eigenvalue weighted by Gasteiger charge is -2.58. The SMILES string of the molecule is C=C(C)C(=O)OC(C)OC(=O)C12CC3CC(CC(O)(C3)C1)C2. The van der Waals surface area contributed by atoms with Gasteiger partial charge >= 0.3 is 11.9 Å². The van der Waals surface area contributed by atoms with Crippen LogP contribution >= 0.6 is 0 Å². The number of esters is 2. The zero-order valence-corrected chi connectivity index (χ0v) is 13.3. The number of aliphatic hydroxyl groups is 1. The van der Waals surface area contributed by atoms with Crippen molar-refractivity contribution in [1.82, 2.24) is 0 Å². The van der Waals surface area contributed by atoms with Gasteiger partial charge in [0, 0.05) is 12.5 Å². The van der Waals surface area contributed by atoms with Crippen LogP contribution in [0, 0.1) is 17.3 Å². The Morgan fingerprint density at radius 2 is 1.77 bits per heavy atom. The molecule has 4 fully saturated rings. The molecule has 5 heteroatoms. The molecular weight excluding hydrogens is 284 g/mol. The van der Waals surface area contributed by atoms with Gasteiger partial charge in [-0.3, -0.25) is 4.79 Å². The first-order chi connectivity index (χ1) is 10.2. The molecule has 4 bridgehead atoms. The van der Waals surface area contributed by atoms with Crippen LogP contribution in [-0.2, 0) is 19.1 Å². The molecule has 4 aliphatic rings. The second-order valence-electron chi connectivity index (χ2n) is 7.62. The first-order valence-corrected chi connectivity index (χ1v) is 8.01. The van der Waals surface area contributed by atoms with Crippen LogP contribution < -0.4 is 0 Å². The zero-order chi connectivity index (χ0) is 16.1. The average molecular weight is 308 g/mol. The fraction of sp³-hybridized carbons (Fsp3) is 0.765. The van der Waals surface area contributed by atoms with E-state index in [1.54, 1.807) is 6.92 Å². The summed E-state index contributed by atoms with van der Waals surface area (Å²) in [7, 11) is 0. The summed E-state index contributed by atoms with van der Waals surface area (Å²) in [4.78, 5) is 24.1. The van der Waals surface area contributed by atoms with Gasteiger partial charge in [-0.15, -0.1) is 0 Å². The monoisotopic (exact) mass is 308 g/mol. The van der Waals surface area contributed by atoms with Crippen molar-refractivity contribution < 1.29 is 24.2 Å². The lowest BCUT2D eigenvalue weighted by Crippen LogP contribution is -2.58. The molecule has 0 aliphatic heterocycles. The Morgan fingerprint density at radius 3 is 2.27 bits per heavy atom. The van der Waals surface area contributed by atoms with Crippen molar-refractivity contribution in [3.05, 3.63) is 12.2 Å². The molecular formula is C17H24O5. The minimum atomic E-state index is -0.931. The van der Waals surface area contributed by atoms with Crippen molar-refractivity contribution in [2.45, 2.75) is 64.3 Å². The van der Waals surface area contributed by atoms with Gasteiger partial charge in [0.1, 0.15) is 0 Å². The maximum atomic E-state index is 12.7. The van der Waals surface area contributed by atoms with Crippen molar-refractivity contribution in [2.75, 3.05) is 0 Å². The van der Waals surface area contributed by atoms with Gasteiger partial charge < -0.3 is 14.6 Å². The molecule has 0 aromatic carbocycles. The standard InChI is InChI=1S/C17H24O5/c1-10(2)14(18)21-11(3)22-15(19)16-5-12-4-13(6-16)8-17(20,7-12)9-16/h11-13,20H,1,4-9H2,2-3H3. The van der Waals surface area contributed by atoms with E-state index in [-0.39, 0.29) is 11.5 Å². The van der Waals surface area contributed by atoms with Crippen molar-refractivity contribution in [3.8, 4) is 0 Å². The van der Waals surface area contributed by atoms with Gasteiger partial charge in [0.05, 0.1) is 11.0 Å². The highest BCUT2D eigenvalue weighted by atomic mass is 16.7. The Balaban J connectivity index is 1.67. The molecule has 0 amide bonds. The second-order valence-corrected chi connectivity index (χ2v) is 7.62. The van der Waals surface area contributed by atoms with Gasteiger partial charge in [-0.1, -0.05) is 6.58 Å². The minimum Gasteiger partial charge on any atom is -0.425 e. The number of ether oxygens (including phenoxy) is 2. The van der Waals surface area contributed by atoms with Crippen LogP contribution in [-0.4, -0.2) is 28.9 Å². The molecule has 0 radical (unpaired) electrons. The number of hydrogen-bond donors (Lipinski definition) is 1. The minimum absolute atomic E-state index is 0.270. The quantitative estimate of drug-likeness (QED) is 0.490. The van der Waals surface area contributed by atoms with Crippen molar-refractivity contribution in [3.63, 3.8) is 0 Å². The molecule has 0 saturated heterocycles. The highest BCUT2D eigenvalue weighted by Crippen LogP contribution is 2.62. The Bertz CT molecular complexity index is 509. The van der Waals surface area contributed by atoms with Gasteiger partial charge in [0.25, 0.3) is 0 Å². The topological polar surface area (TPSA) is 72.8 Å². The molecule has 4 aliphatic carbocycles. The summed E-state index contributed by atoms with van der Waals surface area (Å²) >= 11 is 0. The maximum absolute atomic E-state index is 12.7. The first kappa shape index (κ1) is 15.5. The molecule has 0 aromatic heterocycles. The predicted molar refractivity (Wildman–Crippen MR) is 78.5 cm³/mol. The molecule has 3 atom stereocenters. The lowest BCUT2D eigenvalue weighted by atomic mass is 9.48. The van der Waals surface area contributed by atoms with E-state index in [9.17, 15) is 14.7 Å². The largest absolute Gasteiger partial charge is 0.425 e. The summed E-state index contributed by atoms with van der Waals surface area (Å²) in [6, 6.07) is 0. The van der Waals surface area contributed by atoms with Gasteiger partial charge in [-0.2, -0.15) is 0 Å². The summed E-state index contributed by atoms with van der Waals surface area (Å²) in [6.45, 7) is 6.59. The van der Waals surface area contributed by atoms with E-state index < -0.39 is 23.3 Å². The molecule has 0 spiro atoms. The number of hydrogen-bond acceptors (Lipinski definition) is 5.